The van der Waals surface area contributed by atoms with E-state index in [2.05, 4.69) is 4.72 Å². The molecule has 0 radical (unpaired) electrons. The van der Waals surface area contributed by atoms with Crippen LogP contribution in [0.3, 0.4) is 0 Å². The number of hydrogen-bond acceptors (Lipinski definition) is 7. The van der Waals surface area contributed by atoms with Gasteiger partial charge in [0.15, 0.2) is 11.5 Å². The van der Waals surface area contributed by atoms with Gasteiger partial charge in [0.25, 0.3) is 10.0 Å². The van der Waals surface area contributed by atoms with Crippen molar-refractivity contribution in [1.82, 2.24) is 4.90 Å². The highest BCUT2D eigenvalue weighted by Gasteiger charge is 2.47. The Morgan fingerprint density at radius 3 is 2.03 bits per heavy atom. The lowest BCUT2D eigenvalue weighted by Gasteiger charge is -2.19. The fourth-order valence-electron chi connectivity index (χ4n) is 4.71. The van der Waals surface area contributed by atoms with Gasteiger partial charge in [-0.15, -0.1) is 0 Å². The Kier molecular flexibility index (Phi) is 6.70. The molecule has 1 aliphatic carbocycles. The number of benzene rings is 2. The van der Waals surface area contributed by atoms with Gasteiger partial charge in [-0.1, -0.05) is 18.9 Å². The van der Waals surface area contributed by atoms with Crippen molar-refractivity contribution < 1.29 is 32.2 Å². The Morgan fingerprint density at radius 1 is 0.853 bits per heavy atom. The summed E-state index contributed by atoms with van der Waals surface area (Å²) in [6.07, 6.45) is 3.34. The van der Waals surface area contributed by atoms with Crippen molar-refractivity contribution in [3.63, 3.8) is 0 Å². The number of imide groups is 1. The summed E-state index contributed by atoms with van der Waals surface area (Å²) in [5.74, 6) is 0.131. The zero-order chi connectivity index (χ0) is 24.5. The van der Waals surface area contributed by atoms with Crippen LogP contribution in [-0.2, 0) is 26.2 Å². The van der Waals surface area contributed by atoms with E-state index in [4.69, 9.17) is 14.2 Å². The zero-order valence-corrected chi connectivity index (χ0v) is 20.2. The molecule has 9 nitrogen and oxygen atoms in total. The molecule has 2 atom stereocenters. The monoisotopic (exact) mass is 488 g/mol. The van der Waals surface area contributed by atoms with Gasteiger partial charge in [-0.05, 0) is 42.7 Å². The average molecular weight is 489 g/mol. The summed E-state index contributed by atoms with van der Waals surface area (Å²) in [6, 6.07) is 9.28. The smallest absolute Gasteiger partial charge is 0.265 e. The number of anilines is 1. The maximum Gasteiger partial charge on any atom is 0.265 e. The van der Waals surface area contributed by atoms with Crippen molar-refractivity contribution in [3.8, 4) is 17.2 Å². The van der Waals surface area contributed by atoms with Crippen LogP contribution in [0.25, 0.3) is 0 Å². The predicted octanol–water partition coefficient (Wildman–Crippen LogP) is 3.19. The molecule has 2 fully saturated rings. The number of methoxy groups -OCH3 is 3. The molecule has 2 amide bonds. The Morgan fingerprint density at radius 2 is 1.44 bits per heavy atom. The summed E-state index contributed by atoms with van der Waals surface area (Å²) in [5.41, 5.74) is 0.799. The highest BCUT2D eigenvalue weighted by atomic mass is 32.2. The maximum absolute atomic E-state index is 13.2. The molecule has 34 heavy (non-hydrogen) atoms. The SMILES string of the molecule is COc1ccc(NS(=O)(=O)c2cc(CN3C(=O)[C@H]4CCCC[C@H]4C3=O)ccc2OC)cc1OC. The van der Waals surface area contributed by atoms with E-state index in [0.29, 0.717) is 17.1 Å². The number of nitrogens with one attached hydrogen (secondary N) is 1. The molecule has 2 aromatic rings. The standard InChI is InChI=1S/C24H28N2O7S/c1-31-19-11-9-16(13-21(19)33-3)25-34(29,30)22-12-15(8-10-20(22)32-2)14-26-23(27)17-6-4-5-7-18(17)24(26)28/h8-13,17-18,25H,4-7,14H2,1-3H3/t17-,18+. The van der Waals surface area contributed by atoms with Gasteiger partial charge in [0.1, 0.15) is 10.6 Å². The van der Waals surface area contributed by atoms with Crippen molar-refractivity contribution in [3.05, 3.63) is 42.0 Å². The number of rotatable bonds is 8. The number of hydrogen-bond donors (Lipinski definition) is 1. The molecule has 0 spiro atoms. The molecule has 1 saturated carbocycles. The van der Waals surface area contributed by atoms with Gasteiger partial charge in [-0.3, -0.25) is 19.2 Å². The van der Waals surface area contributed by atoms with Gasteiger partial charge < -0.3 is 14.2 Å². The molecule has 4 rings (SSSR count). The van der Waals surface area contributed by atoms with Crippen molar-refractivity contribution in [2.45, 2.75) is 37.1 Å². The van der Waals surface area contributed by atoms with Crippen LogP contribution in [0.4, 0.5) is 5.69 Å². The summed E-state index contributed by atoms with van der Waals surface area (Å²) in [7, 11) is 0.260. The number of fused-ring (bicyclic) bond motifs is 1. The lowest BCUT2D eigenvalue weighted by molar-refractivity contribution is -0.140. The Labute approximate surface area is 199 Å². The van der Waals surface area contributed by atoms with E-state index in [1.54, 1.807) is 18.2 Å². The lowest BCUT2D eigenvalue weighted by Crippen LogP contribution is -2.30. The molecule has 1 saturated heterocycles. The Hall–Kier alpha value is -3.27. The summed E-state index contributed by atoms with van der Waals surface area (Å²) in [4.78, 5) is 26.8. The van der Waals surface area contributed by atoms with Crippen molar-refractivity contribution in [2.75, 3.05) is 26.1 Å². The lowest BCUT2D eigenvalue weighted by atomic mass is 9.81. The molecular weight excluding hydrogens is 460 g/mol. The molecule has 1 heterocycles. The van der Waals surface area contributed by atoms with Crippen molar-refractivity contribution in [2.24, 2.45) is 11.8 Å². The third-order valence-electron chi connectivity index (χ3n) is 6.43. The third-order valence-corrected chi connectivity index (χ3v) is 7.83. The van der Waals surface area contributed by atoms with Crippen molar-refractivity contribution in [1.29, 1.82) is 0 Å². The molecule has 182 valence electrons. The molecule has 2 aliphatic rings. The quantitative estimate of drug-likeness (QED) is 0.568. The van der Waals surface area contributed by atoms with Crippen molar-refractivity contribution >= 4 is 27.5 Å². The summed E-state index contributed by atoms with van der Waals surface area (Å²) < 4.78 is 44.7. The number of nitrogens with zero attached hydrogens (tertiary/aromatic N) is 1. The van der Waals surface area contributed by atoms with Crippen LogP contribution in [0.1, 0.15) is 31.2 Å². The Balaban J connectivity index is 1.61. The zero-order valence-electron chi connectivity index (χ0n) is 19.4. The first-order valence-corrected chi connectivity index (χ1v) is 12.5. The molecular formula is C24H28N2O7S. The number of carbonyl (C=O) groups is 2. The van der Waals surface area contributed by atoms with Gasteiger partial charge in [-0.2, -0.15) is 0 Å². The number of sulfonamides is 1. The first kappa shape index (κ1) is 23.9. The highest BCUT2D eigenvalue weighted by molar-refractivity contribution is 7.92. The van der Waals surface area contributed by atoms with Crippen LogP contribution < -0.4 is 18.9 Å². The van der Waals surface area contributed by atoms with Crippen LogP contribution in [0.2, 0.25) is 0 Å². The highest BCUT2D eigenvalue weighted by Crippen LogP contribution is 2.39. The van der Waals surface area contributed by atoms with Gasteiger partial charge in [-0.25, -0.2) is 8.42 Å². The molecule has 2 aromatic carbocycles. The van der Waals surface area contributed by atoms with E-state index >= 15 is 0 Å². The molecule has 10 heteroatoms. The van der Waals surface area contributed by atoms with Gasteiger partial charge in [0.05, 0.1) is 45.4 Å². The maximum atomic E-state index is 13.2. The van der Waals surface area contributed by atoms with Crippen LogP contribution in [0.5, 0.6) is 17.2 Å². The number of likely N-dealkylation sites (tertiary alicyclic amines) is 1. The molecule has 0 unspecified atom stereocenters. The summed E-state index contributed by atoms with van der Waals surface area (Å²) >= 11 is 0. The van der Waals surface area contributed by atoms with Gasteiger partial charge >= 0.3 is 0 Å². The number of carbonyl (C=O) groups excluding carboxylic acids is 2. The number of ether oxygens (including phenoxy) is 3. The second-order valence-electron chi connectivity index (χ2n) is 8.42. The second-order valence-corrected chi connectivity index (χ2v) is 10.1. The minimum atomic E-state index is -4.06. The van der Waals surface area contributed by atoms with E-state index in [1.165, 1.54) is 44.4 Å². The van der Waals surface area contributed by atoms with Gasteiger partial charge in [0, 0.05) is 6.07 Å². The second kappa shape index (κ2) is 9.54. The van der Waals surface area contributed by atoms with Crippen LogP contribution in [-0.4, -0.2) is 46.5 Å². The van der Waals surface area contributed by atoms with Crippen LogP contribution in [0.15, 0.2) is 41.3 Å². The first-order valence-electron chi connectivity index (χ1n) is 11.1. The van der Waals surface area contributed by atoms with E-state index in [0.717, 1.165) is 25.7 Å². The summed E-state index contributed by atoms with van der Waals surface area (Å²) in [6.45, 7) is 0.0214. The Bertz CT molecular complexity index is 1190. The third kappa shape index (κ3) is 4.42. The minimum absolute atomic E-state index is 0.0214. The average Bonchev–Trinajstić information content (AvgIpc) is 3.08. The predicted molar refractivity (Wildman–Crippen MR) is 124 cm³/mol. The van der Waals surface area contributed by atoms with E-state index < -0.39 is 10.0 Å². The minimum Gasteiger partial charge on any atom is -0.495 e. The fourth-order valence-corrected chi connectivity index (χ4v) is 5.98. The number of amides is 2. The normalized spacial score (nSPS) is 20.1. The molecule has 0 bridgehead atoms. The van der Waals surface area contributed by atoms with Crippen LogP contribution in [0, 0.1) is 11.8 Å². The molecule has 1 N–H and O–H groups in total. The summed E-state index contributed by atoms with van der Waals surface area (Å²) in [5, 5.41) is 0. The largest absolute Gasteiger partial charge is 0.495 e. The van der Waals surface area contributed by atoms with E-state index in [1.807, 2.05) is 0 Å². The van der Waals surface area contributed by atoms with E-state index in [-0.39, 0.29) is 46.5 Å². The fraction of sp³-hybridized carbons (Fsp3) is 0.417. The molecule has 0 aromatic heterocycles. The van der Waals surface area contributed by atoms with E-state index in [9.17, 15) is 18.0 Å². The van der Waals surface area contributed by atoms with Crippen LogP contribution >= 0.6 is 0 Å². The van der Waals surface area contributed by atoms with Gasteiger partial charge in [0.2, 0.25) is 11.8 Å². The topological polar surface area (TPSA) is 111 Å². The first-order chi connectivity index (χ1) is 16.3. The molecule has 1 aliphatic heterocycles.